The van der Waals surface area contributed by atoms with Crippen molar-refractivity contribution in [3.05, 3.63) is 27.6 Å². The highest BCUT2D eigenvalue weighted by Crippen LogP contribution is 2.33. The average molecular weight is 385 g/mol. The lowest BCUT2D eigenvalue weighted by atomic mass is 9.96. The molecule has 0 spiro atoms. The smallest absolute Gasteiger partial charge is 0.291 e. The minimum atomic E-state index is -0.659. The van der Waals surface area contributed by atoms with Crippen LogP contribution in [0.25, 0.3) is 11.7 Å². The van der Waals surface area contributed by atoms with E-state index in [-0.39, 0.29) is 28.7 Å². The molecule has 1 amide bonds. The fourth-order valence-electron chi connectivity index (χ4n) is 3.26. The molecular formula is C20H27N5O3. The number of aromatic hydroxyl groups is 1. The minimum Gasteiger partial charge on any atom is -0.494 e. The summed E-state index contributed by atoms with van der Waals surface area (Å²) in [6.45, 7) is 6.45. The lowest BCUT2D eigenvalue weighted by molar-refractivity contribution is 0.0944. The maximum Gasteiger partial charge on any atom is 0.291 e. The molecule has 8 heteroatoms. The topological polar surface area (TPSA) is 115 Å². The molecule has 0 radical (unpaired) electrons. The summed E-state index contributed by atoms with van der Waals surface area (Å²) in [5.74, 6) is -0.185. The number of hydrogen-bond donors (Lipinski definition) is 3. The molecule has 2 heterocycles. The molecule has 2 fully saturated rings. The van der Waals surface area contributed by atoms with E-state index in [0.717, 1.165) is 30.2 Å². The monoisotopic (exact) mass is 385 g/mol. The van der Waals surface area contributed by atoms with Gasteiger partial charge in [0, 0.05) is 12.6 Å². The Labute approximate surface area is 163 Å². The molecule has 0 aromatic carbocycles. The van der Waals surface area contributed by atoms with Gasteiger partial charge in [0.15, 0.2) is 17.0 Å². The van der Waals surface area contributed by atoms with Gasteiger partial charge in [-0.15, -0.1) is 5.10 Å². The standard InChI is InChI=1S/C20H27N5O3/c1-20(2,3)10-24-17-13(9-6-11-4-5-11)15(21)23-25(17)19(28)14(18(24)27)16(26)22-12-7-8-12/h6,9,11-12,27H,4-5,7-8,10H2,1-3H3,(H2,21,23)(H,22,26)/b9-6+. The van der Waals surface area contributed by atoms with E-state index in [9.17, 15) is 14.7 Å². The molecule has 2 aliphatic rings. The summed E-state index contributed by atoms with van der Waals surface area (Å²) in [7, 11) is 0. The molecule has 0 aliphatic heterocycles. The minimum absolute atomic E-state index is 0.0674. The van der Waals surface area contributed by atoms with Gasteiger partial charge in [0.2, 0.25) is 5.88 Å². The quantitative estimate of drug-likeness (QED) is 0.729. The Kier molecular flexibility index (Phi) is 4.24. The number of nitrogens with zero attached hydrogens (tertiary/aromatic N) is 3. The third kappa shape index (κ3) is 3.50. The number of allylic oxidation sites excluding steroid dienone is 1. The van der Waals surface area contributed by atoms with Gasteiger partial charge in [-0.2, -0.15) is 4.52 Å². The Morgan fingerprint density at radius 1 is 1.32 bits per heavy atom. The van der Waals surface area contributed by atoms with Gasteiger partial charge < -0.3 is 16.2 Å². The Hall–Kier alpha value is -2.77. The van der Waals surface area contributed by atoms with Crippen LogP contribution in [-0.4, -0.2) is 31.2 Å². The molecule has 4 N–H and O–H groups in total. The van der Waals surface area contributed by atoms with Crippen molar-refractivity contribution in [2.24, 2.45) is 11.3 Å². The van der Waals surface area contributed by atoms with Crippen LogP contribution < -0.4 is 16.6 Å². The van der Waals surface area contributed by atoms with Crippen molar-refractivity contribution in [2.45, 2.75) is 59.0 Å². The molecule has 2 aliphatic carbocycles. The third-order valence-corrected chi connectivity index (χ3v) is 5.00. The van der Waals surface area contributed by atoms with Gasteiger partial charge in [-0.3, -0.25) is 14.2 Å². The Bertz CT molecular complexity index is 1030. The van der Waals surface area contributed by atoms with Gasteiger partial charge in [-0.1, -0.05) is 32.9 Å². The molecule has 8 nitrogen and oxygen atoms in total. The average Bonchev–Trinajstić information content (AvgIpc) is 3.50. The highest BCUT2D eigenvalue weighted by atomic mass is 16.3. The summed E-state index contributed by atoms with van der Waals surface area (Å²) in [4.78, 5) is 25.7. The number of nitrogens with one attached hydrogen (secondary N) is 1. The summed E-state index contributed by atoms with van der Waals surface area (Å²) < 4.78 is 2.73. The molecule has 28 heavy (non-hydrogen) atoms. The van der Waals surface area contributed by atoms with Crippen molar-refractivity contribution in [1.82, 2.24) is 19.5 Å². The van der Waals surface area contributed by atoms with Crippen molar-refractivity contribution >= 4 is 23.4 Å². The van der Waals surface area contributed by atoms with E-state index in [1.165, 1.54) is 0 Å². The van der Waals surface area contributed by atoms with Crippen molar-refractivity contribution < 1.29 is 9.90 Å². The zero-order valence-electron chi connectivity index (χ0n) is 16.5. The van der Waals surface area contributed by atoms with E-state index < -0.39 is 11.5 Å². The third-order valence-electron chi connectivity index (χ3n) is 5.00. The van der Waals surface area contributed by atoms with E-state index in [2.05, 4.69) is 16.5 Å². The number of amides is 1. The number of carbonyl (C=O) groups excluding carboxylic acids is 1. The summed E-state index contributed by atoms with van der Waals surface area (Å²) >= 11 is 0. The van der Waals surface area contributed by atoms with Crippen LogP contribution >= 0.6 is 0 Å². The molecule has 0 unspecified atom stereocenters. The van der Waals surface area contributed by atoms with Gasteiger partial charge >= 0.3 is 0 Å². The molecule has 2 saturated carbocycles. The summed E-state index contributed by atoms with van der Waals surface area (Å²) in [5.41, 5.74) is 5.96. The highest BCUT2D eigenvalue weighted by Gasteiger charge is 2.31. The molecule has 4 rings (SSSR count). The molecule has 150 valence electrons. The first-order valence-electron chi connectivity index (χ1n) is 9.79. The Balaban J connectivity index is 1.94. The van der Waals surface area contributed by atoms with E-state index >= 15 is 0 Å². The van der Waals surface area contributed by atoms with Crippen LogP contribution in [0.1, 0.15) is 62.4 Å². The van der Waals surface area contributed by atoms with Gasteiger partial charge in [0.1, 0.15) is 0 Å². The second-order valence-electron chi connectivity index (χ2n) is 9.13. The highest BCUT2D eigenvalue weighted by molar-refractivity contribution is 5.97. The molecular weight excluding hydrogens is 358 g/mol. The molecule has 0 atom stereocenters. The maximum atomic E-state index is 13.0. The summed E-state index contributed by atoms with van der Waals surface area (Å²) in [6, 6.07) is 0.0674. The fourth-order valence-corrected chi connectivity index (χ4v) is 3.26. The largest absolute Gasteiger partial charge is 0.494 e. The fraction of sp³-hybridized carbons (Fsp3) is 0.550. The van der Waals surface area contributed by atoms with Crippen molar-refractivity contribution in [3.63, 3.8) is 0 Å². The van der Waals surface area contributed by atoms with Gasteiger partial charge in [-0.25, -0.2) is 0 Å². The van der Waals surface area contributed by atoms with Crippen LogP contribution in [0.5, 0.6) is 5.88 Å². The summed E-state index contributed by atoms with van der Waals surface area (Å²) in [5, 5.41) is 17.9. The SMILES string of the molecule is CC(C)(C)Cn1c(O)c(C(=O)NC2CC2)c(=O)n2nc(N)c(/C=C/C3CC3)c12. The Morgan fingerprint density at radius 3 is 2.57 bits per heavy atom. The zero-order chi connectivity index (χ0) is 20.2. The van der Waals surface area contributed by atoms with Crippen LogP contribution in [-0.2, 0) is 6.54 Å². The van der Waals surface area contributed by atoms with E-state index in [1.54, 1.807) is 4.57 Å². The number of hydrogen-bond acceptors (Lipinski definition) is 5. The number of nitrogen functional groups attached to an aromatic ring is 1. The number of anilines is 1. The lowest BCUT2D eigenvalue weighted by Crippen LogP contribution is -2.35. The van der Waals surface area contributed by atoms with Crippen molar-refractivity contribution in [2.75, 3.05) is 5.73 Å². The zero-order valence-corrected chi connectivity index (χ0v) is 16.5. The number of nitrogens with two attached hydrogens (primary N) is 1. The van der Waals surface area contributed by atoms with Crippen molar-refractivity contribution in [1.29, 1.82) is 0 Å². The number of fused-ring (bicyclic) bond motifs is 1. The Morgan fingerprint density at radius 2 is 2.00 bits per heavy atom. The predicted molar refractivity (Wildman–Crippen MR) is 107 cm³/mol. The lowest BCUT2D eigenvalue weighted by Gasteiger charge is -2.23. The first-order valence-corrected chi connectivity index (χ1v) is 9.79. The van der Waals surface area contributed by atoms with Gasteiger partial charge in [-0.05, 0) is 37.0 Å². The van der Waals surface area contributed by atoms with Crippen LogP contribution in [0.2, 0.25) is 0 Å². The number of aromatic nitrogens is 3. The predicted octanol–water partition coefficient (Wildman–Crippen LogP) is 2.15. The van der Waals surface area contributed by atoms with E-state index in [4.69, 9.17) is 5.73 Å². The van der Waals surface area contributed by atoms with Crippen LogP contribution in [0.4, 0.5) is 5.82 Å². The number of carbonyl (C=O) groups is 1. The summed E-state index contributed by atoms with van der Waals surface area (Å²) in [6.07, 6.45) is 7.98. The van der Waals surface area contributed by atoms with E-state index in [1.807, 2.05) is 26.8 Å². The van der Waals surface area contributed by atoms with Crippen molar-refractivity contribution in [3.8, 4) is 5.88 Å². The van der Waals surface area contributed by atoms with E-state index in [0.29, 0.717) is 23.7 Å². The first kappa shape index (κ1) is 18.6. The van der Waals surface area contributed by atoms with Crippen LogP contribution in [0.3, 0.4) is 0 Å². The molecule has 0 bridgehead atoms. The normalized spacial score (nSPS) is 17.5. The second-order valence-corrected chi connectivity index (χ2v) is 9.13. The molecule has 0 saturated heterocycles. The van der Waals surface area contributed by atoms with Crippen LogP contribution in [0, 0.1) is 11.3 Å². The molecule has 2 aromatic rings. The van der Waals surface area contributed by atoms with Gasteiger partial charge in [0.05, 0.1) is 5.56 Å². The van der Waals surface area contributed by atoms with Gasteiger partial charge in [0.25, 0.3) is 11.5 Å². The first-order chi connectivity index (χ1) is 13.2. The number of rotatable bonds is 5. The maximum absolute atomic E-state index is 13.0. The second kappa shape index (κ2) is 6.39. The molecule has 2 aromatic heterocycles. The van der Waals surface area contributed by atoms with Crippen LogP contribution in [0.15, 0.2) is 10.9 Å².